The van der Waals surface area contributed by atoms with Gasteiger partial charge in [0, 0.05) is 16.5 Å². The number of methoxy groups -OCH3 is 2. The summed E-state index contributed by atoms with van der Waals surface area (Å²) in [5, 5.41) is 9.79. The fourth-order valence-corrected chi connectivity index (χ4v) is 3.90. The average Bonchev–Trinajstić information content (AvgIpc) is 3.18. The first-order valence-corrected chi connectivity index (χ1v) is 10.7. The molecule has 4 aromatic rings. The topological polar surface area (TPSA) is 90.0 Å². The maximum atomic E-state index is 12.7. The highest BCUT2D eigenvalue weighted by Gasteiger charge is 2.31. The molecule has 0 aliphatic carbocycles. The molecule has 0 spiro atoms. The number of nitrogens with one attached hydrogen (secondary N) is 1. The van der Waals surface area contributed by atoms with Crippen molar-refractivity contribution < 1.29 is 42.0 Å². The molecule has 1 heterocycles. The van der Waals surface area contributed by atoms with Gasteiger partial charge in [-0.25, -0.2) is 0 Å². The zero-order chi connectivity index (χ0) is 25.9. The number of carboxylic acid groups (broad SMARTS) is 1. The molecule has 0 radical (unpaired) electrons. The van der Waals surface area contributed by atoms with E-state index in [1.807, 2.05) is 30.3 Å². The molecule has 0 bridgehead atoms. The number of aromatic nitrogens is 1. The van der Waals surface area contributed by atoms with Crippen LogP contribution in [0.15, 0.2) is 60.7 Å². The molecule has 3 aromatic carbocycles. The van der Waals surface area contributed by atoms with Gasteiger partial charge in [0.05, 0.1) is 26.3 Å². The van der Waals surface area contributed by atoms with Crippen molar-refractivity contribution in [2.45, 2.75) is 19.4 Å². The zero-order valence-electron chi connectivity index (χ0n) is 19.3. The lowest BCUT2D eigenvalue weighted by atomic mass is 10.0. The van der Waals surface area contributed by atoms with Gasteiger partial charge < -0.3 is 29.0 Å². The van der Waals surface area contributed by atoms with Gasteiger partial charge in [0.15, 0.2) is 11.5 Å². The van der Waals surface area contributed by atoms with Crippen molar-refractivity contribution in [3.05, 3.63) is 71.8 Å². The fourth-order valence-electron chi connectivity index (χ4n) is 3.90. The molecule has 0 atom stereocenters. The van der Waals surface area contributed by atoms with Gasteiger partial charge in [0.1, 0.15) is 12.4 Å². The van der Waals surface area contributed by atoms with Crippen LogP contribution < -0.4 is 18.9 Å². The van der Waals surface area contributed by atoms with Crippen LogP contribution in [0.4, 0.5) is 13.2 Å². The highest BCUT2D eigenvalue weighted by molar-refractivity contribution is 5.95. The smallest absolute Gasteiger partial charge is 0.493 e. The Labute approximate surface area is 204 Å². The first-order chi connectivity index (χ1) is 17.2. The number of carboxylic acids is 1. The molecular formula is C26H22F3NO6. The van der Waals surface area contributed by atoms with E-state index < -0.39 is 24.5 Å². The van der Waals surface area contributed by atoms with Crippen molar-refractivity contribution in [2.75, 3.05) is 14.2 Å². The van der Waals surface area contributed by atoms with E-state index in [1.165, 1.54) is 20.3 Å². The molecule has 2 N–H and O–H groups in total. The number of ether oxygens (including phenoxy) is 4. The molecule has 1 aromatic heterocycles. The van der Waals surface area contributed by atoms with Gasteiger partial charge in [-0.15, -0.1) is 13.2 Å². The number of fused-ring (bicyclic) bond motifs is 1. The Kier molecular flexibility index (Phi) is 6.96. The molecule has 0 saturated heterocycles. The predicted molar refractivity (Wildman–Crippen MR) is 126 cm³/mol. The van der Waals surface area contributed by atoms with Crippen LogP contribution in [0.25, 0.3) is 22.2 Å². The number of hydrogen-bond donors (Lipinski definition) is 2. The summed E-state index contributed by atoms with van der Waals surface area (Å²) in [4.78, 5) is 14.7. The Balaban J connectivity index is 1.80. The van der Waals surface area contributed by atoms with E-state index in [0.717, 1.165) is 17.7 Å². The largest absolute Gasteiger partial charge is 0.573 e. The lowest BCUT2D eigenvalue weighted by Crippen LogP contribution is -2.17. The van der Waals surface area contributed by atoms with Crippen molar-refractivity contribution in [1.82, 2.24) is 4.98 Å². The summed E-state index contributed by atoms with van der Waals surface area (Å²) in [6, 6.07) is 16.5. The van der Waals surface area contributed by atoms with Crippen molar-refractivity contribution >= 4 is 16.9 Å². The summed E-state index contributed by atoms with van der Waals surface area (Å²) < 4.78 is 59.2. The van der Waals surface area contributed by atoms with Gasteiger partial charge in [0.2, 0.25) is 5.75 Å². The minimum absolute atomic E-state index is 0.255. The molecule has 0 unspecified atom stereocenters. The normalized spacial score (nSPS) is 11.4. The molecule has 0 aliphatic rings. The third-order valence-electron chi connectivity index (χ3n) is 5.41. The number of alkyl halides is 3. The second kappa shape index (κ2) is 10.1. The number of benzene rings is 3. The highest BCUT2D eigenvalue weighted by atomic mass is 19.4. The quantitative estimate of drug-likeness (QED) is 0.294. The molecule has 0 amide bonds. The molecule has 188 valence electrons. The minimum atomic E-state index is -4.88. The Morgan fingerprint density at radius 2 is 1.64 bits per heavy atom. The van der Waals surface area contributed by atoms with Crippen LogP contribution in [-0.2, 0) is 17.8 Å². The van der Waals surface area contributed by atoms with Gasteiger partial charge in [0.25, 0.3) is 0 Å². The van der Waals surface area contributed by atoms with Crippen LogP contribution in [0.3, 0.4) is 0 Å². The summed E-state index contributed by atoms with van der Waals surface area (Å²) >= 11 is 0. The number of halogens is 3. The van der Waals surface area contributed by atoms with Crippen molar-refractivity contribution in [1.29, 1.82) is 0 Å². The van der Waals surface area contributed by atoms with Crippen LogP contribution in [0, 0.1) is 0 Å². The molecule has 10 heteroatoms. The van der Waals surface area contributed by atoms with Crippen LogP contribution >= 0.6 is 0 Å². The Hall–Kier alpha value is -4.34. The van der Waals surface area contributed by atoms with Gasteiger partial charge in [-0.1, -0.05) is 30.3 Å². The number of H-pyrrole nitrogens is 1. The first kappa shape index (κ1) is 24.8. The van der Waals surface area contributed by atoms with Crippen LogP contribution in [0.5, 0.6) is 23.0 Å². The van der Waals surface area contributed by atoms with Gasteiger partial charge in [-0.3, -0.25) is 4.79 Å². The van der Waals surface area contributed by atoms with E-state index in [4.69, 9.17) is 14.2 Å². The number of aromatic amines is 1. The van der Waals surface area contributed by atoms with E-state index in [1.54, 1.807) is 12.1 Å². The highest BCUT2D eigenvalue weighted by Crippen LogP contribution is 2.43. The van der Waals surface area contributed by atoms with Crippen LogP contribution in [-0.4, -0.2) is 36.6 Å². The summed E-state index contributed by atoms with van der Waals surface area (Å²) in [5.74, 6) is -0.583. The lowest BCUT2D eigenvalue weighted by molar-refractivity contribution is -0.274. The second-order valence-corrected chi connectivity index (χ2v) is 7.79. The van der Waals surface area contributed by atoms with Gasteiger partial charge in [-0.05, 0) is 41.5 Å². The second-order valence-electron chi connectivity index (χ2n) is 7.79. The summed E-state index contributed by atoms with van der Waals surface area (Å²) in [7, 11) is 2.91. The van der Waals surface area contributed by atoms with Gasteiger partial charge in [-0.2, -0.15) is 0 Å². The van der Waals surface area contributed by atoms with Crippen LogP contribution in [0.1, 0.15) is 11.1 Å². The Morgan fingerprint density at radius 1 is 0.972 bits per heavy atom. The number of hydrogen-bond acceptors (Lipinski definition) is 5. The maximum Gasteiger partial charge on any atom is 0.573 e. The van der Waals surface area contributed by atoms with Gasteiger partial charge >= 0.3 is 12.3 Å². The summed E-state index contributed by atoms with van der Waals surface area (Å²) in [5.41, 5.74) is 2.55. The van der Waals surface area contributed by atoms with Crippen molar-refractivity contribution in [3.63, 3.8) is 0 Å². The van der Waals surface area contributed by atoms with E-state index >= 15 is 0 Å². The Bertz CT molecular complexity index is 1360. The molecule has 7 nitrogen and oxygen atoms in total. The fraction of sp³-hybridized carbons (Fsp3) is 0.192. The third-order valence-corrected chi connectivity index (χ3v) is 5.41. The number of rotatable bonds is 9. The number of aliphatic carboxylic acids is 1. The molecular weight excluding hydrogens is 479 g/mol. The third kappa shape index (κ3) is 5.48. The standard InChI is InChI=1S/C26H22F3NO6/c1-33-21-10-16(11-22(34-2)25(21)35-14-15-6-4-3-5-7-15)24-19(13-23(31)32)18-12-17(36-26(27,28)29)8-9-20(18)30-24/h3-12,30H,13-14H2,1-2H3,(H,31,32). The summed E-state index contributed by atoms with van der Waals surface area (Å²) in [6.07, 6.45) is -5.32. The monoisotopic (exact) mass is 501 g/mol. The number of carbonyl (C=O) groups is 1. The first-order valence-electron chi connectivity index (χ1n) is 10.7. The van der Waals surface area contributed by atoms with Crippen molar-refractivity contribution in [2.24, 2.45) is 0 Å². The predicted octanol–water partition coefficient (Wildman–Crippen LogP) is 5.96. The molecule has 36 heavy (non-hydrogen) atoms. The lowest BCUT2D eigenvalue weighted by Gasteiger charge is -2.16. The molecule has 0 fully saturated rings. The molecule has 0 aliphatic heterocycles. The van der Waals surface area contributed by atoms with Crippen molar-refractivity contribution in [3.8, 4) is 34.3 Å². The zero-order valence-corrected chi connectivity index (χ0v) is 19.3. The molecule has 4 rings (SSSR count). The van der Waals surface area contributed by atoms with E-state index in [9.17, 15) is 23.1 Å². The van der Waals surface area contributed by atoms with E-state index in [-0.39, 0.29) is 17.6 Å². The molecule has 0 saturated carbocycles. The van der Waals surface area contributed by atoms with E-state index in [2.05, 4.69) is 9.72 Å². The minimum Gasteiger partial charge on any atom is -0.493 e. The summed E-state index contributed by atoms with van der Waals surface area (Å²) in [6.45, 7) is 0.255. The Morgan fingerprint density at radius 3 is 2.22 bits per heavy atom. The SMILES string of the molecule is COc1cc(-c2[nH]c3ccc(OC(F)(F)F)cc3c2CC(=O)O)cc(OC)c1OCc1ccccc1. The maximum absolute atomic E-state index is 12.7. The van der Waals surface area contributed by atoms with E-state index in [0.29, 0.717) is 34.0 Å². The average molecular weight is 501 g/mol. The van der Waals surface area contributed by atoms with Crippen LogP contribution in [0.2, 0.25) is 0 Å².